The Kier molecular flexibility index (Phi) is 6.11. The Labute approximate surface area is 189 Å². The molecule has 32 heavy (non-hydrogen) atoms. The van der Waals surface area contributed by atoms with Gasteiger partial charge in [0.15, 0.2) is 6.61 Å². The Hall–Kier alpha value is -1.97. The monoisotopic (exact) mass is 464 g/mol. The first-order valence-corrected chi connectivity index (χ1v) is 12.6. The van der Waals surface area contributed by atoms with Crippen LogP contribution in [0.2, 0.25) is 0 Å². The molecule has 0 radical (unpaired) electrons. The number of carbonyl (C=O) groups excluding carboxylic acids is 2. The normalized spacial score (nSPS) is 27.8. The van der Waals surface area contributed by atoms with Gasteiger partial charge >= 0.3 is 5.97 Å². The highest BCUT2D eigenvalue weighted by atomic mass is 32.2. The molecule has 176 valence electrons. The third-order valence-corrected chi connectivity index (χ3v) is 8.67. The fourth-order valence-electron chi connectivity index (χ4n) is 5.74. The van der Waals surface area contributed by atoms with Crippen LogP contribution in [0.25, 0.3) is 0 Å². The van der Waals surface area contributed by atoms with Crippen LogP contribution in [0.5, 0.6) is 0 Å². The van der Waals surface area contributed by atoms with Gasteiger partial charge in [0.25, 0.3) is 5.91 Å². The third kappa shape index (κ3) is 4.70. The summed E-state index contributed by atoms with van der Waals surface area (Å²) in [5.74, 6) is -0.807. The zero-order chi connectivity index (χ0) is 23.1. The van der Waals surface area contributed by atoms with Gasteiger partial charge < -0.3 is 14.4 Å². The van der Waals surface area contributed by atoms with E-state index in [1.54, 1.807) is 0 Å². The van der Waals surface area contributed by atoms with E-state index in [2.05, 4.69) is 20.8 Å². The maximum atomic E-state index is 12.8. The SMILES string of the molecule is CC1(C)C[C@H]2C[C@@](C)(CN2C(=O)COC(=O)c2ccc(S(=O)(=O)N3CCOCC3)cc2)C1. The predicted octanol–water partition coefficient (Wildman–Crippen LogP) is 2.29. The lowest BCUT2D eigenvalue weighted by Gasteiger charge is -2.39. The molecule has 4 rings (SSSR count). The van der Waals surface area contributed by atoms with Crippen molar-refractivity contribution in [1.29, 1.82) is 0 Å². The Morgan fingerprint density at radius 2 is 1.75 bits per heavy atom. The lowest BCUT2D eigenvalue weighted by Crippen LogP contribution is -2.40. The molecule has 1 aromatic carbocycles. The van der Waals surface area contributed by atoms with E-state index < -0.39 is 16.0 Å². The van der Waals surface area contributed by atoms with Gasteiger partial charge in [0.05, 0.1) is 23.7 Å². The maximum absolute atomic E-state index is 12.8. The van der Waals surface area contributed by atoms with Crippen molar-refractivity contribution in [3.63, 3.8) is 0 Å². The van der Waals surface area contributed by atoms with Gasteiger partial charge in [0.1, 0.15) is 0 Å². The molecule has 3 fully saturated rings. The Balaban J connectivity index is 1.35. The molecule has 2 heterocycles. The molecule has 0 unspecified atom stereocenters. The summed E-state index contributed by atoms with van der Waals surface area (Å²) in [6.07, 6.45) is 3.04. The number of hydrogen-bond acceptors (Lipinski definition) is 6. The molecule has 0 aromatic heterocycles. The van der Waals surface area contributed by atoms with Crippen LogP contribution >= 0.6 is 0 Å². The van der Waals surface area contributed by atoms with Gasteiger partial charge in [-0.05, 0) is 54.4 Å². The second kappa shape index (κ2) is 8.43. The number of rotatable bonds is 5. The van der Waals surface area contributed by atoms with Crippen molar-refractivity contribution in [2.45, 2.75) is 51.0 Å². The molecule has 1 aliphatic carbocycles. The summed E-state index contributed by atoms with van der Waals surface area (Å²) < 4.78 is 37.2. The molecular weight excluding hydrogens is 432 g/mol. The van der Waals surface area contributed by atoms with Crippen LogP contribution in [-0.2, 0) is 24.3 Å². The zero-order valence-electron chi connectivity index (χ0n) is 19.0. The van der Waals surface area contributed by atoms with Crippen molar-refractivity contribution in [3.05, 3.63) is 29.8 Å². The van der Waals surface area contributed by atoms with Crippen LogP contribution in [0.15, 0.2) is 29.2 Å². The summed E-state index contributed by atoms with van der Waals surface area (Å²) in [6.45, 7) is 8.46. The molecule has 0 spiro atoms. The number of morpholine rings is 1. The quantitative estimate of drug-likeness (QED) is 0.621. The second-order valence-corrected chi connectivity index (χ2v) is 12.3. The van der Waals surface area contributed by atoms with Crippen LogP contribution in [-0.4, -0.2) is 75.0 Å². The molecule has 1 aromatic rings. The van der Waals surface area contributed by atoms with Crippen LogP contribution in [0, 0.1) is 10.8 Å². The topological polar surface area (TPSA) is 93.2 Å². The molecule has 0 N–H and O–H groups in total. The van der Waals surface area contributed by atoms with Crippen LogP contribution in [0.1, 0.15) is 50.4 Å². The lowest BCUT2D eigenvalue weighted by atomic mass is 9.65. The smallest absolute Gasteiger partial charge is 0.338 e. The largest absolute Gasteiger partial charge is 0.452 e. The summed E-state index contributed by atoms with van der Waals surface area (Å²) in [5.41, 5.74) is 0.535. The Morgan fingerprint density at radius 1 is 1.09 bits per heavy atom. The average Bonchev–Trinajstić information content (AvgIpc) is 3.01. The first kappa shape index (κ1) is 23.2. The van der Waals surface area contributed by atoms with Crippen molar-refractivity contribution in [2.75, 3.05) is 39.5 Å². The summed E-state index contributed by atoms with van der Waals surface area (Å²) in [7, 11) is -3.62. The van der Waals surface area contributed by atoms with E-state index in [0.29, 0.717) is 32.8 Å². The van der Waals surface area contributed by atoms with Gasteiger partial charge in [-0.3, -0.25) is 4.79 Å². The lowest BCUT2D eigenvalue weighted by molar-refractivity contribution is -0.135. The van der Waals surface area contributed by atoms with Crippen molar-refractivity contribution >= 4 is 21.9 Å². The van der Waals surface area contributed by atoms with E-state index in [-0.39, 0.29) is 39.8 Å². The summed E-state index contributed by atoms with van der Waals surface area (Å²) in [6, 6.07) is 5.84. The highest BCUT2D eigenvalue weighted by Gasteiger charge is 2.50. The number of nitrogens with zero attached hydrogens (tertiary/aromatic N) is 2. The Bertz CT molecular complexity index is 984. The minimum Gasteiger partial charge on any atom is -0.452 e. The number of ether oxygens (including phenoxy) is 2. The molecule has 2 aliphatic heterocycles. The molecule has 2 saturated heterocycles. The van der Waals surface area contributed by atoms with Gasteiger partial charge in [-0.2, -0.15) is 4.31 Å². The van der Waals surface area contributed by atoms with Crippen LogP contribution < -0.4 is 0 Å². The van der Waals surface area contributed by atoms with Gasteiger partial charge in [-0.1, -0.05) is 20.8 Å². The number of sulfonamides is 1. The molecule has 8 nitrogen and oxygen atoms in total. The zero-order valence-corrected chi connectivity index (χ0v) is 19.8. The number of fused-ring (bicyclic) bond motifs is 2. The summed E-state index contributed by atoms with van der Waals surface area (Å²) >= 11 is 0. The summed E-state index contributed by atoms with van der Waals surface area (Å²) in [4.78, 5) is 27.2. The summed E-state index contributed by atoms with van der Waals surface area (Å²) in [5, 5.41) is 0. The molecule has 2 bridgehead atoms. The number of likely N-dealkylation sites (tertiary alicyclic amines) is 1. The van der Waals surface area contributed by atoms with Gasteiger partial charge in [-0.15, -0.1) is 0 Å². The minimum absolute atomic E-state index is 0.118. The van der Waals surface area contributed by atoms with Gasteiger partial charge in [-0.25, -0.2) is 13.2 Å². The minimum atomic E-state index is -3.62. The molecular formula is C23H32N2O6S. The average molecular weight is 465 g/mol. The van der Waals surface area contributed by atoms with Crippen LogP contribution in [0.3, 0.4) is 0 Å². The van der Waals surface area contributed by atoms with E-state index in [1.165, 1.54) is 28.6 Å². The second-order valence-electron chi connectivity index (χ2n) is 10.4. The Morgan fingerprint density at radius 3 is 2.41 bits per heavy atom. The highest BCUT2D eigenvalue weighted by molar-refractivity contribution is 7.89. The molecule has 3 aliphatic rings. The molecule has 1 saturated carbocycles. The number of esters is 1. The molecule has 2 atom stereocenters. The number of amides is 1. The van der Waals surface area contributed by atoms with Gasteiger partial charge in [0.2, 0.25) is 10.0 Å². The van der Waals surface area contributed by atoms with E-state index in [9.17, 15) is 18.0 Å². The fourth-order valence-corrected chi connectivity index (χ4v) is 7.15. The van der Waals surface area contributed by atoms with E-state index in [0.717, 1.165) is 19.3 Å². The first-order valence-electron chi connectivity index (χ1n) is 11.1. The number of hydrogen-bond donors (Lipinski definition) is 0. The number of benzene rings is 1. The molecule has 9 heteroatoms. The van der Waals surface area contributed by atoms with E-state index in [1.807, 2.05) is 4.90 Å². The van der Waals surface area contributed by atoms with E-state index in [4.69, 9.17) is 9.47 Å². The van der Waals surface area contributed by atoms with Crippen molar-refractivity contribution < 1.29 is 27.5 Å². The van der Waals surface area contributed by atoms with Gasteiger partial charge in [0, 0.05) is 25.7 Å². The fraction of sp³-hybridized carbons (Fsp3) is 0.652. The van der Waals surface area contributed by atoms with Crippen molar-refractivity contribution in [3.8, 4) is 0 Å². The third-order valence-electron chi connectivity index (χ3n) is 6.76. The van der Waals surface area contributed by atoms with Crippen molar-refractivity contribution in [2.24, 2.45) is 10.8 Å². The first-order chi connectivity index (χ1) is 15.0. The van der Waals surface area contributed by atoms with Crippen molar-refractivity contribution in [1.82, 2.24) is 9.21 Å². The van der Waals surface area contributed by atoms with E-state index >= 15 is 0 Å². The molecule has 1 amide bonds. The maximum Gasteiger partial charge on any atom is 0.338 e. The highest BCUT2D eigenvalue weighted by Crippen LogP contribution is 2.52. The number of carbonyl (C=O) groups is 2. The standard InChI is InChI=1S/C23H32N2O6S/c1-22(2)12-18-13-23(3,15-22)16-25(18)20(26)14-31-21(27)17-4-6-19(7-5-17)32(28,29)24-8-10-30-11-9-24/h4-7,18H,8-16H2,1-3H3/t18-,23+/m0/s1. The predicted molar refractivity (Wildman–Crippen MR) is 118 cm³/mol. The van der Waals surface area contributed by atoms with Crippen LogP contribution in [0.4, 0.5) is 0 Å².